The molecule has 1 aliphatic rings. The molecule has 0 saturated carbocycles. The van der Waals surface area contributed by atoms with E-state index < -0.39 is 0 Å². The monoisotopic (exact) mass is 366 g/mol. The van der Waals surface area contributed by atoms with E-state index in [0.717, 1.165) is 36.4 Å². The highest BCUT2D eigenvalue weighted by molar-refractivity contribution is 5.94. The van der Waals surface area contributed by atoms with Crippen molar-refractivity contribution in [3.8, 4) is 0 Å². The van der Waals surface area contributed by atoms with Gasteiger partial charge < -0.3 is 9.42 Å². The number of hydrogen-bond acceptors (Lipinski definition) is 6. The van der Waals surface area contributed by atoms with E-state index in [1.807, 2.05) is 35.2 Å². The summed E-state index contributed by atoms with van der Waals surface area (Å²) >= 11 is 0. The molecule has 2 aromatic heterocycles. The SMILES string of the molecule is CC(C)c1cc(C2CCCN2C(=O)c2ccc(Cn3cnnn3)cc2)no1. The van der Waals surface area contributed by atoms with Gasteiger partial charge >= 0.3 is 0 Å². The summed E-state index contributed by atoms with van der Waals surface area (Å²) in [5.74, 6) is 1.17. The van der Waals surface area contributed by atoms with E-state index in [4.69, 9.17) is 4.52 Å². The molecule has 3 aromatic rings. The maximum Gasteiger partial charge on any atom is 0.254 e. The number of nitrogens with zero attached hydrogens (tertiary/aromatic N) is 6. The van der Waals surface area contributed by atoms with Crippen LogP contribution >= 0.6 is 0 Å². The highest BCUT2D eigenvalue weighted by Gasteiger charge is 2.33. The summed E-state index contributed by atoms with van der Waals surface area (Å²) in [4.78, 5) is 14.9. The van der Waals surface area contributed by atoms with Crippen molar-refractivity contribution < 1.29 is 9.32 Å². The molecule has 1 aromatic carbocycles. The van der Waals surface area contributed by atoms with Gasteiger partial charge in [-0.15, -0.1) is 5.10 Å². The van der Waals surface area contributed by atoms with Gasteiger partial charge in [0.2, 0.25) is 0 Å². The highest BCUT2D eigenvalue weighted by atomic mass is 16.5. The van der Waals surface area contributed by atoms with Gasteiger partial charge in [-0.1, -0.05) is 31.1 Å². The first-order chi connectivity index (χ1) is 13.1. The van der Waals surface area contributed by atoms with Crippen LogP contribution in [0.15, 0.2) is 41.2 Å². The molecule has 4 rings (SSSR count). The predicted molar refractivity (Wildman–Crippen MR) is 97.0 cm³/mol. The topological polar surface area (TPSA) is 89.9 Å². The number of benzene rings is 1. The van der Waals surface area contributed by atoms with Crippen LogP contribution in [-0.4, -0.2) is 42.7 Å². The second-order valence-electron chi connectivity index (χ2n) is 7.17. The van der Waals surface area contributed by atoms with Gasteiger partial charge in [-0.3, -0.25) is 4.79 Å². The number of tetrazole rings is 1. The number of aromatic nitrogens is 5. The van der Waals surface area contributed by atoms with Gasteiger partial charge in [-0.05, 0) is 41.0 Å². The Balaban J connectivity index is 1.49. The van der Waals surface area contributed by atoms with Crippen molar-refractivity contribution in [1.82, 2.24) is 30.3 Å². The lowest BCUT2D eigenvalue weighted by molar-refractivity contribution is 0.0731. The maximum absolute atomic E-state index is 13.0. The van der Waals surface area contributed by atoms with Crippen LogP contribution in [-0.2, 0) is 6.54 Å². The Morgan fingerprint density at radius 3 is 2.78 bits per heavy atom. The second kappa shape index (κ2) is 7.30. The van der Waals surface area contributed by atoms with E-state index in [9.17, 15) is 4.79 Å². The normalized spacial score (nSPS) is 17.0. The van der Waals surface area contributed by atoms with Gasteiger partial charge in [0.05, 0.1) is 12.6 Å². The van der Waals surface area contributed by atoms with Crippen LogP contribution < -0.4 is 0 Å². The van der Waals surface area contributed by atoms with Gasteiger partial charge in [0.15, 0.2) is 0 Å². The molecule has 0 spiro atoms. The van der Waals surface area contributed by atoms with E-state index in [1.54, 1.807) is 11.0 Å². The first kappa shape index (κ1) is 17.4. The molecule has 1 atom stereocenters. The molecule has 3 heterocycles. The number of carbonyl (C=O) groups excluding carboxylic acids is 1. The van der Waals surface area contributed by atoms with Crippen molar-refractivity contribution >= 4 is 5.91 Å². The van der Waals surface area contributed by atoms with Crippen LogP contribution in [0.2, 0.25) is 0 Å². The quantitative estimate of drug-likeness (QED) is 0.690. The molecule has 0 N–H and O–H groups in total. The van der Waals surface area contributed by atoms with Crippen LogP contribution in [0, 0.1) is 0 Å². The average Bonchev–Trinajstić information content (AvgIpc) is 3.42. The summed E-state index contributed by atoms with van der Waals surface area (Å²) in [6.45, 7) is 5.45. The molecule has 1 aliphatic heterocycles. The lowest BCUT2D eigenvalue weighted by atomic mass is 10.1. The van der Waals surface area contributed by atoms with Gasteiger partial charge in [-0.2, -0.15) is 0 Å². The third-order valence-electron chi connectivity index (χ3n) is 4.91. The van der Waals surface area contributed by atoms with Crippen LogP contribution in [0.4, 0.5) is 0 Å². The standard InChI is InChI=1S/C19H22N6O2/c1-13(2)18-10-16(21-27-18)17-4-3-9-25(17)19(26)15-7-5-14(6-8-15)11-24-12-20-22-23-24/h5-8,10,12-13,17H,3-4,9,11H2,1-2H3. The molecule has 1 saturated heterocycles. The molecular weight excluding hydrogens is 344 g/mol. The fourth-order valence-corrected chi connectivity index (χ4v) is 3.41. The number of amides is 1. The molecule has 140 valence electrons. The molecule has 0 radical (unpaired) electrons. The Morgan fingerprint density at radius 1 is 1.30 bits per heavy atom. The second-order valence-corrected chi connectivity index (χ2v) is 7.17. The third-order valence-corrected chi connectivity index (χ3v) is 4.91. The van der Waals surface area contributed by atoms with Crippen LogP contribution in [0.5, 0.6) is 0 Å². The Bertz CT molecular complexity index is 901. The first-order valence-electron chi connectivity index (χ1n) is 9.19. The van der Waals surface area contributed by atoms with Gasteiger partial charge in [0, 0.05) is 24.1 Å². The molecule has 8 nitrogen and oxygen atoms in total. The molecule has 8 heteroatoms. The van der Waals surface area contributed by atoms with Crippen LogP contribution in [0.25, 0.3) is 0 Å². The summed E-state index contributed by atoms with van der Waals surface area (Å²) in [5.41, 5.74) is 2.56. The largest absolute Gasteiger partial charge is 0.361 e. The van der Waals surface area contributed by atoms with E-state index >= 15 is 0 Å². The van der Waals surface area contributed by atoms with E-state index in [2.05, 4.69) is 34.5 Å². The fraction of sp³-hybridized carbons (Fsp3) is 0.421. The van der Waals surface area contributed by atoms with E-state index in [1.165, 1.54) is 0 Å². The Morgan fingerprint density at radius 2 is 2.11 bits per heavy atom. The van der Waals surface area contributed by atoms with Crippen molar-refractivity contribution in [2.75, 3.05) is 6.54 Å². The maximum atomic E-state index is 13.0. The Kier molecular flexibility index (Phi) is 4.70. The zero-order chi connectivity index (χ0) is 18.8. The van der Waals surface area contributed by atoms with Crippen molar-refractivity contribution in [3.05, 3.63) is 59.2 Å². The number of hydrogen-bond donors (Lipinski definition) is 0. The van der Waals surface area contributed by atoms with E-state index in [0.29, 0.717) is 12.1 Å². The summed E-state index contributed by atoms with van der Waals surface area (Å²) in [6.07, 6.45) is 3.45. The number of carbonyl (C=O) groups is 1. The molecule has 27 heavy (non-hydrogen) atoms. The van der Waals surface area contributed by atoms with Gasteiger partial charge in [0.1, 0.15) is 17.8 Å². The average molecular weight is 366 g/mol. The molecule has 1 amide bonds. The first-order valence-corrected chi connectivity index (χ1v) is 9.19. The molecule has 1 fully saturated rings. The van der Waals surface area contributed by atoms with E-state index in [-0.39, 0.29) is 17.9 Å². The molecule has 0 bridgehead atoms. The third kappa shape index (κ3) is 3.60. The van der Waals surface area contributed by atoms with Crippen molar-refractivity contribution in [1.29, 1.82) is 0 Å². The molecule has 0 aliphatic carbocycles. The summed E-state index contributed by atoms with van der Waals surface area (Å²) in [5, 5.41) is 15.3. The Hall–Kier alpha value is -3.03. The fourth-order valence-electron chi connectivity index (χ4n) is 3.41. The zero-order valence-electron chi connectivity index (χ0n) is 15.4. The molecule has 1 unspecified atom stereocenters. The lowest BCUT2D eigenvalue weighted by Crippen LogP contribution is -2.30. The Labute approximate surface area is 157 Å². The summed E-state index contributed by atoms with van der Waals surface area (Å²) < 4.78 is 7.07. The smallest absolute Gasteiger partial charge is 0.254 e. The minimum atomic E-state index is -0.0188. The minimum absolute atomic E-state index is 0.0188. The number of rotatable bonds is 5. The lowest BCUT2D eigenvalue weighted by Gasteiger charge is -2.23. The van der Waals surface area contributed by atoms with Crippen molar-refractivity contribution in [3.63, 3.8) is 0 Å². The molecular formula is C19H22N6O2. The summed E-state index contributed by atoms with van der Waals surface area (Å²) in [6, 6.07) is 9.56. The van der Waals surface area contributed by atoms with Gasteiger partial charge in [0.25, 0.3) is 5.91 Å². The number of likely N-dealkylation sites (tertiary alicyclic amines) is 1. The van der Waals surface area contributed by atoms with Crippen LogP contribution in [0.1, 0.15) is 66.0 Å². The highest BCUT2D eigenvalue weighted by Crippen LogP contribution is 2.33. The zero-order valence-corrected chi connectivity index (χ0v) is 15.4. The summed E-state index contributed by atoms with van der Waals surface area (Å²) in [7, 11) is 0. The van der Waals surface area contributed by atoms with Crippen molar-refractivity contribution in [2.24, 2.45) is 0 Å². The van der Waals surface area contributed by atoms with Crippen LogP contribution in [0.3, 0.4) is 0 Å². The van der Waals surface area contributed by atoms with Crippen molar-refractivity contribution in [2.45, 2.75) is 45.2 Å². The van der Waals surface area contributed by atoms with Gasteiger partial charge in [-0.25, -0.2) is 4.68 Å². The minimum Gasteiger partial charge on any atom is -0.361 e. The predicted octanol–water partition coefficient (Wildman–Crippen LogP) is 2.81.